The van der Waals surface area contributed by atoms with Gasteiger partial charge in [-0.05, 0) is 38.1 Å². The van der Waals surface area contributed by atoms with E-state index in [0.717, 1.165) is 18.5 Å². The van der Waals surface area contributed by atoms with Gasteiger partial charge in [0.05, 0.1) is 6.54 Å². The SMILES string of the molecule is C#CCN1CCC(NCC2CC2)CC1. The molecular formula is C12H20N2. The fourth-order valence-corrected chi connectivity index (χ4v) is 2.08. The van der Waals surface area contributed by atoms with Gasteiger partial charge in [-0.3, -0.25) is 4.90 Å². The molecule has 0 aromatic heterocycles. The van der Waals surface area contributed by atoms with E-state index >= 15 is 0 Å². The van der Waals surface area contributed by atoms with E-state index in [-0.39, 0.29) is 0 Å². The van der Waals surface area contributed by atoms with Crippen molar-refractivity contribution in [1.29, 1.82) is 0 Å². The highest BCUT2D eigenvalue weighted by Gasteiger charge is 2.23. The van der Waals surface area contributed by atoms with E-state index < -0.39 is 0 Å². The molecule has 14 heavy (non-hydrogen) atoms. The van der Waals surface area contributed by atoms with Crippen LogP contribution in [0.15, 0.2) is 0 Å². The van der Waals surface area contributed by atoms with Crippen LogP contribution < -0.4 is 5.32 Å². The van der Waals surface area contributed by atoms with Crippen molar-refractivity contribution in [3.05, 3.63) is 0 Å². The molecular weight excluding hydrogens is 172 g/mol. The number of piperidine rings is 1. The van der Waals surface area contributed by atoms with Crippen LogP contribution in [0.5, 0.6) is 0 Å². The summed E-state index contributed by atoms with van der Waals surface area (Å²) in [5.74, 6) is 3.72. The number of hydrogen-bond donors (Lipinski definition) is 1. The summed E-state index contributed by atoms with van der Waals surface area (Å²) in [5, 5.41) is 3.67. The average Bonchev–Trinajstić information content (AvgIpc) is 3.01. The second kappa shape index (κ2) is 4.82. The van der Waals surface area contributed by atoms with E-state index in [2.05, 4.69) is 16.1 Å². The summed E-state index contributed by atoms with van der Waals surface area (Å²) in [6, 6.07) is 0.754. The molecule has 2 aliphatic rings. The van der Waals surface area contributed by atoms with Crippen molar-refractivity contribution in [2.24, 2.45) is 5.92 Å². The third-order valence-corrected chi connectivity index (χ3v) is 3.29. The van der Waals surface area contributed by atoms with Crippen LogP contribution >= 0.6 is 0 Å². The average molecular weight is 192 g/mol. The maximum Gasteiger partial charge on any atom is 0.0598 e. The van der Waals surface area contributed by atoms with Gasteiger partial charge in [0.2, 0.25) is 0 Å². The van der Waals surface area contributed by atoms with Gasteiger partial charge >= 0.3 is 0 Å². The molecule has 0 atom stereocenters. The minimum absolute atomic E-state index is 0.754. The Labute approximate surface area is 87.1 Å². The minimum atomic E-state index is 0.754. The quantitative estimate of drug-likeness (QED) is 0.671. The van der Waals surface area contributed by atoms with Gasteiger partial charge in [0, 0.05) is 19.1 Å². The van der Waals surface area contributed by atoms with Crippen LogP contribution in [0.4, 0.5) is 0 Å². The molecule has 1 N–H and O–H groups in total. The number of likely N-dealkylation sites (tertiary alicyclic amines) is 1. The van der Waals surface area contributed by atoms with Crippen LogP contribution in [0.2, 0.25) is 0 Å². The van der Waals surface area contributed by atoms with Crippen LogP contribution in [0.25, 0.3) is 0 Å². The summed E-state index contributed by atoms with van der Waals surface area (Å²) < 4.78 is 0. The van der Waals surface area contributed by atoms with Gasteiger partial charge in [0.25, 0.3) is 0 Å². The molecule has 2 heteroatoms. The summed E-state index contributed by atoms with van der Waals surface area (Å²) in [7, 11) is 0. The zero-order valence-corrected chi connectivity index (χ0v) is 8.84. The van der Waals surface area contributed by atoms with Gasteiger partial charge in [-0.25, -0.2) is 0 Å². The van der Waals surface area contributed by atoms with Crippen molar-refractivity contribution in [1.82, 2.24) is 10.2 Å². The van der Waals surface area contributed by atoms with Crippen molar-refractivity contribution in [3.8, 4) is 12.3 Å². The number of nitrogens with one attached hydrogen (secondary N) is 1. The molecule has 1 saturated carbocycles. The first-order chi connectivity index (χ1) is 6.88. The Hall–Kier alpha value is -0.520. The van der Waals surface area contributed by atoms with Crippen molar-refractivity contribution in [3.63, 3.8) is 0 Å². The lowest BCUT2D eigenvalue weighted by Gasteiger charge is -2.31. The fraction of sp³-hybridized carbons (Fsp3) is 0.833. The van der Waals surface area contributed by atoms with Crippen LogP contribution in [0.1, 0.15) is 25.7 Å². The van der Waals surface area contributed by atoms with Crippen molar-refractivity contribution >= 4 is 0 Å². The van der Waals surface area contributed by atoms with E-state index in [4.69, 9.17) is 6.42 Å². The van der Waals surface area contributed by atoms with E-state index in [1.807, 2.05) is 0 Å². The lowest BCUT2D eigenvalue weighted by molar-refractivity contribution is 0.217. The van der Waals surface area contributed by atoms with Gasteiger partial charge in [0.15, 0.2) is 0 Å². The Balaban J connectivity index is 1.60. The largest absolute Gasteiger partial charge is 0.314 e. The lowest BCUT2D eigenvalue weighted by atomic mass is 10.1. The normalized spacial score (nSPS) is 24.8. The molecule has 78 valence electrons. The Morgan fingerprint density at radius 3 is 2.50 bits per heavy atom. The van der Waals surface area contributed by atoms with Crippen molar-refractivity contribution < 1.29 is 0 Å². The number of rotatable bonds is 4. The van der Waals surface area contributed by atoms with Crippen LogP contribution in [0.3, 0.4) is 0 Å². The van der Waals surface area contributed by atoms with Crippen LogP contribution in [0, 0.1) is 18.3 Å². The zero-order chi connectivity index (χ0) is 9.80. The third-order valence-electron chi connectivity index (χ3n) is 3.29. The van der Waals surface area contributed by atoms with E-state index in [1.165, 1.54) is 45.3 Å². The number of nitrogens with zero attached hydrogens (tertiary/aromatic N) is 1. The van der Waals surface area contributed by atoms with Crippen molar-refractivity contribution in [2.45, 2.75) is 31.7 Å². The highest BCUT2D eigenvalue weighted by atomic mass is 15.1. The lowest BCUT2D eigenvalue weighted by Crippen LogP contribution is -2.43. The maximum atomic E-state index is 5.29. The molecule has 0 unspecified atom stereocenters. The summed E-state index contributed by atoms with van der Waals surface area (Å²) in [5.41, 5.74) is 0. The number of terminal acetylenes is 1. The van der Waals surface area contributed by atoms with Crippen LogP contribution in [-0.2, 0) is 0 Å². The molecule has 0 aromatic carbocycles. The molecule has 1 aliphatic carbocycles. The smallest absolute Gasteiger partial charge is 0.0598 e. The highest BCUT2D eigenvalue weighted by Crippen LogP contribution is 2.28. The minimum Gasteiger partial charge on any atom is -0.314 e. The summed E-state index contributed by atoms with van der Waals surface area (Å²) in [4.78, 5) is 2.37. The first kappa shape index (κ1) is 10.0. The molecule has 2 rings (SSSR count). The molecule has 2 fully saturated rings. The van der Waals surface area contributed by atoms with Crippen molar-refractivity contribution in [2.75, 3.05) is 26.2 Å². The van der Waals surface area contributed by atoms with Gasteiger partial charge in [-0.15, -0.1) is 6.42 Å². The monoisotopic (exact) mass is 192 g/mol. The Bertz CT molecular complexity index is 207. The standard InChI is InChI=1S/C12H20N2/c1-2-7-14-8-5-12(6-9-14)13-10-11-3-4-11/h1,11-13H,3-10H2. The topological polar surface area (TPSA) is 15.3 Å². The van der Waals surface area contributed by atoms with E-state index in [1.54, 1.807) is 0 Å². The van der Waals surface area contributed by atoms with E-state index in [0.29, 0.717) is 0 Å². The van der Waals surface area contributed by atoms with Gasteiger partial charge in [0.1, 0.15) is 0 Å². The summed E-state index contributed by atoms with van der Waals surface area (Å²) in [6.45, 7) is 4.42. The van der Waals surface area contributed by atoms with Gasteiger partial charge < -0.3 is 5.32 Å². The molecule has 0 amide bonds. The fourth-order valence-electron chi connectivity index (χ4n) is 2.08. The van der Waals surface area contributed by atoms with Crippen LogP contribution in [-0.4, -0.2) is 37.1 Å². The molecule has 0 radical (unpaired) electrons. The zero-order valence-electron chi connectivity index (χ0n) is 8.84. The Morgan fingerprint density at radius 2 is 1.93 bits per heavy atom. The predicted octanol–water partition coefficient (Wildman–Crippen LogP) is 1.08. The third kappa shape index (κ3) is 3.01. The second-order valence-corrected chi connectivity index (χ2v) is 4.61. The molecule has 2 nitrogen and oxygen atoms in total. The first-order valence-corrected chi connectivity index (χ1v) is 5.77. The summed E-state index contributed by atoms with van der Waals surface area (Å²) in [6.07, 6.45) is 10.7. The number of hydrogen-bond acceptors (Lipinski definition) is 2. The van der Waals surface area contributed by atoms with E-state index in [9.17, 15) is 0 Å². The Morgan fingerprint density at radius 1 is 1.21 bits per heavy atom. The molecule has 1 aliphatic heterocycles. The maximum absolute atomic E-state index is 5.29. The Kier molecular flexibility index (Phi) is 3.44. The molecule has 1 saturated heterocycles. The predicted molar refractivity (Wildman–Crippen MR) is 59.0 cm³/mol. The van der Waals surface area contributed by atoms with Gasteiger partial charge in [-0.1, -0.05) is 5.92 Å². The first-order valence-electron chi connectivity index (χ1n) is 5.77. The molecule has 0 bridgehead atoms. The second-order valence-electron chi connectivity index (χ2n) is 4.61. The summed E-state index contributed by atoms with van der Waals surface area (Å²) >= 11 is 0. The van der Waals surface area contributed by atoms with Gasteiger partial charge in [-0.2, -0.15) is 0 Å². The molecule has 0 aromatic rings. The highest BCUT2D eigenvalue weighted by molar-refractivity contribution is 4.90. The molecule has 0 spiro atoms. The molecule has 1 heterocycles.